The fourth-order valence-corrected chi connectivity index (χ4v) is 2.72. The summed E-state index contributed by atoms with van der Waals surface area (Å²) in [6.45, 7) is 8.24. The molecule has 2 rings (SSSR count). The molecule has 0 aliphatic carbocycles. The second-order valence-electron chi connectivity index (χ2n) is 5.91. The van der Waals surface area contributed by atoms with Crippen molar-refractivity contribution in [2.24, 2.45) is 0 Å². The lowest BCUT2D eigenvalue weighted by atomic mass is 9.93. The number of anilines is 1. The molecule has 0 aliphatic heterocycles. The highest BCUT2D eigenvalue weighted by Crippen LogP contribution is 2.27. The van der Waals surface area contributed by atoms with Gasteiger partial charge in [-0.1, -0.05) is 51.1 Å². The van der Waals surface area contributed by atoms with Gasteiger partial charge in [0.2, 0.25) is 5.91 Å². The molecule has 0 saturated heterocycles. The topological polar surface area (TPSA) is 42.0 Å². The second kappa shape index (κ2) is 5.75. The summed E-state index contributed by atoms with van der Waals surface area (Å²) in [4.78, 5) is 16.7. The normalized spacial score (nSPS) is 13.0. The predicted octanol–water partition coefficient (Wildman–Crippen LogP) is 4.18. The predicted molar refractivity (Wildman–Crippen MR) is 84.3 cm³/mol. The van der Waals surface area contributed by atoms with Crippen molar-refractivity contribution in [2.45, 2.75) is 39.0 Å². The summed E-state index contributed by atoms with van der Waals surface area (Å²) in [5.74, 6) is -0.204. The smallest absolute Gasteiger partial charge is 0.233 e. The fourth-order valence-electron chi connectivity index (χ4n) is 1.78. The van der Waals surface area contributed by atoms with Crippen LogP contribution in [0.5, 0.6) is 0 Å². The van der Waals surface area contributed by atoms with Crippen LogP contribution in [0.3, 0.4) is 0 Å². The van der Waals surface area contributed by atoms with Crippen molar-refractivity contribution < 1.29 is 4.79 Å². The number of rotatable bonds is 3. The first kappa shape index (κ1) is 14.7. The highest BCUT2D eigenvalue weighted by atomic mass is 32.1. The van der Waals surface area contributed by atoms with E-state index in [0.717, 1.165) is 11.3 Å². The van der Waals surface area contributed by atoms with Crippen LogP contribution in [0.2, 0.25) is 0 Å². The lowest BCUT2D eigenvalue weighted by Gasteiger charge is -2.14. The van der Waals surface area contributed by atoms with Crippen LogP contribution in [-0.4, -0.2) is 10.9 Å². The summed E-state index contributed by atoms with van der Waals surface area (Å²) in [5, 5.41) is 5.57. The number of aromatic nitrogens is 1. The summed E-state index contributed by atoms with van der Waals surface area (Å²) in [5.41, 5.74) is 2.02. The Labute approximate surface area is 124 Å². The Kier molecular flexibility index (Phi) is 4.23. The third-order valence-corrected chi connectivity index (χ3v) is 3.95. The van der Waals surface area contributed by atoms with Crippen LogP contribution in [0.25, 0.3) is 0 Å². The van der Waals surface area contributed by atoms with E-state index in [4.69, 9.17) is 0 Å². The highest BCUT2D eigenvalue weighted by Gasteiger charge is 2.20. The van der Waals surface area contributed by atoms with E-state index in [-0.39, 0.29) is 17.2 Å². The zero-order valence-electron chi connectivity index (χ0n) is 12.3. The van der Waals surface area contributed by atoms with Crippen LogP contribution >= 0.6 is 11.3 Å². The van der Waals surface area contributed by atoms with Gasteiger partial charge in [-0.25, -0.2) is 4.98 Å². The number of nitrogens with zero attached hydrogens (tertiary/aromatic N) is 1. The average molecular weight is 288 g/mol. The van der Waals surface area contributed by atoms with Crippen LogP contribution in [0.1, 0.15) is 44.9 Å². The summed E-state index contributed by atoms with van der Waals surface area (Å²) in [6, 6.07) is 9.77. The first-order valence-electron chi connectivity index (χ1n) is 6.70. The van der Waals surface area contributed by atoms with Crippen LogP contribution in [0.15, 0.2) is 35.7 Å². The maximum atomic E-state index is 12.2. The quantitative estimate of drug-likeness (QED) is 0.920. The number of hydrogen-bond acceptors (Lipinski definition) is 3. The van der Waals surface area contributed by atoms with Gasteiger partial charge in [0, 0.05) is 10.8 Å². The molecule has 0 unspecified atom stereocenters. The third-order valence-electron chi connectivity index (χ3n) is 3.20. The summed E-state index contributed by atoms with van der Waals surface area (Å²) in [6.07, 6.45) is 0. The standard InChI is InChI=1S/C16H20N2OS/c1-11(12-8-6-5-7-9-12)14(19)18-15-17-13(10-20-15)16(2,3)4/h5-11H,1-4H3,(H,17,18,19)/t11-/m0/s1. The number of thiazole rings is 1. The molecule has 4 heteroatoms. The molecule has 20 heavy (non-hydrogen) atoms. The molecule has 0 bridgehead atoms. The molecular weight excluding hydrogens is 268 g/mol. The van der Waals surface area contributed by atoms with Gasteiger partial charge in [-0.2, -0.15) is 0 Å². The van der Waals surface area contributed by atoms with Crippen LogP contribution in [0, 0.1) is 0 Å². The van der Waals surface area contributed by atoms with Crippen molar-refractivity contribution in [3.63, 3.8) is 0 Å². The molecule has 0 aliphatic rings. The number of nitrogens with one attached hydrogen (secondary N) is 1. The molecule has 0 saturated carbocycles. The van der Waals surface area contributed by atoms with Crippen molar-refractivity contribution in [1.29, 1.82) is 0 Å². The van der Waals surface area contributed by atoms with Gasteiger partial charge in [0.25, 0.3) is 0 Å². The van der Waals surface area contributed by atoms with Crippen molar-refractivity contribution >= 4 is 22.4 Å². The maximum absolute atomic E-state index is 12.2. The molecule has 0 radical (unpaired) electrons. The van der Waals surface area contributed by atoms with Crippen molar-refractivity contribution in [2.75, 3.05) is 5.32 Å². The molecule has 1 N–H and O–H groups in total. The van der Waals surface area contributed by atoms with E-state index in [1.807, 2.05) is 42.6 Å². The van der Waals surface area contributed by atoms with Gasteiger partial charge in [0.15, 0.2) is 5.13 Å². The van der Waals surface area contributed by atoms with Crippen LogP contribution in [0.4, 0.5) is 5.13 Å². The summed E-state index contributed by atoms with van der Waals surface area (Å²) < 4.78 is 0. The summed E-state index contributed by atoms with van der Waals surface area (Å²) in [7, 11) is 0. The Morgan fingerprint density at radius 3 is 2.45 bits per heavy atom. The van der Waals surface area contributed by atoms with E-state index in [0.29, 0.717) is 5.13 Å². The van der Waals surface area contributed by atoms with E-state index in [1.165, 1.54) is 11.3 Å². The largest absolute Gasteiger partial charge is 0.301 e. The van der Waals surface area contributed by atoms with Crippen LogP contribution < -0.4 is 5.32 Å². The Morgan fingerprint density at radius 1 is 1.25 bits per heavy atom. The van der Waals surface area contributed by atoms with Gasteiger partial charge < -0.3 is 5.32 Å². The van der Waals surface area contributed by atoms with E-state index in [9.17, 15) is 4.79 Å². The zero-order valence-corrected chi connectivity index (χ0v) is 13.1. The first-order chi connectivity index (χ1) is 9.38. The molecule has 1 heterocycles. The summed E-state index contributed by atoms with van der Waals surface area (Å²) >= 11 is 1.47. The number of carbonyl (C=O) groups excluding carboxylic acids is 1. The van der Waals surface area contributed by atoms with Gasteiger partial charge in [0.1, 0.15) is 0 Å². The van der Waals surface area contributed by atoms with E-state index in [2.05, 4.69) is 31.1 Å². The third kappa shape index (κ3) is 3.45. The number of carbonyl (C=O) groups is 1. The number of amides is 1. The van der Waals surface area contributed by atoms with Gasteiger partial charge in [-0.3, -0.25) is 4.79 Å². The van der Waals surface area contributed by atoms with Crippen molar-refractivity contribution in [1.82, 2.24) is 4.98 Å². The molecule has 1 atom stereocenters. The Morgan fingerprint density at radius 2 is 1.90 bits per heavy atom. The molecule has 3 nitrogen and oxygen atoms in total. The van der Waals surface area contributed by atoms with E-state index >= 15 is 0 Å². The number of benzene rings is 1. The van der Waals surface area contributed by atoms with Gasteiger partial charge in [-0.15, -0.1) is 11.3 Å². The molecule has 1 amide bonds. The first-order valence-corrected chi connectivity index (χ1v) is 7.57. The maximum Gasteiger partial charge on any atom is 0.233 e. The Hall–Kier alpha value is -1.68. The Bertz CT molecular complexity index is 584. The minimum atomic E-state index is -0.182. The fraction of sp³-hybridized carbons (Fsp3) is 0.375. The van der Waals surface area contributed by atoms with Gasteiger partial charge in [-0.05, 0) is 12.5 Å². The molecule has 1 aromatic carbocycles. The molecular formula is C16H20N2OS. The second-order valence-corrected chi connectivity index (χ2v) is 6.77. The molecule has 2 aromatic rings. The average Bonchev–Trinajstić information content (AvgIpc) is 2.87. The van der Waals surface area contributed by atoms with Crippen molar-refractivity contribution in [3.8, 4) is 0 Å². The monoisotopic (exact) mass is 288 g/mol. The zero-order chi connectivity index (χ0) is 14.8. The van der Waals surface area contributed by atoms with Gasteiger partial charge in [0.05, 0.1) is 11.6 Å². The Balaban J connectivity index is 2.07. The van der Waals surface area contributed by atoms with Crippen LogP contribution in [-0.2, 0) is 10.2 Å². The molecule has 0 spiro atoms. The minimum absolute atomic E-state index is 0.00449. The van der Waals surface area contributed by atoms with E-state index < -0.39 is 0 Å². The lowest BCUT2D eigenvalue weighted by Crippen LogP contribution is -2.19. The molecule has 0 fully saturated rings. The SMILES string of the molecule is C[C@H](C(=O)Nc1nc(C(C)(C)C)cs1)c1ccccc1. The lowest BCUT2D eigenvalue weighted by molar-refractivity contribution is -0.117. The molecule has 106 valence electrons. The van der Waals surface area contributed by atoms with Gasteiger partial charge >= 0.3 is 0 Å². The molecule has 1 aromatic heterocycles. The van der Waals surface area contributed by atoms with E-state index in [1.54, 1.807) is 0 Å². The van der Waals surface area contributed by atoms with Crippen molar-refractivity contribution in [3.05, 3.63) is 47.0 Å². The minimum Gasteiger partial charge on any atom is -0.301 e. The highest BCUT2D eigenvalue weighted by molar-refractivity contribution is 7.13. The number of hydrogen-bond donors (Lipinski definition) is 1.